The summed E-state index contributed by atoms with van der Waals surface area (Å²) >= 11 is 0. The van der Waals surface area contributed by atoms with Crippen LogP contribution in [0.2, 0.25) is 0 Å². The molecular weight excluding hydrogens is 406 g/mol. The van der Waals surface area contributed by atoms with E-state index in [-0.39, 0.29) is 25.1 Å². The highest BCUT2D eigenvalue weighted by molar-refractivity contribution is 5.82. The maximum atomic E-state index is 12.2. The minimum absolute atomic E-state index is 0.0618. The largest absolute Gasteiger partial charge is 0.508 e. The molecule has 0 heterocycles. The Morgan fingerprint density at radius 3 is 2.03 bits per heavy atom. The molecule has 0 aromatic carbocycles. The van der Waals surface area contributed by atoms with E-state index in [9.17, 15) is 9.59 Å². The molecule has 0 aliphatic heterocycles. The fourth-order valence-electron chi connectivity index (χ4n) is 3.32. The fraction of sp³-hybridized carbons (Fsp3) is 0.808. The summed E-state index contributed by atoms with van der Waals surface area (Å²) in [5.41, 5.74) is 1.17. The summed E-state index contributed by atoms with van der Waals surface area (Å²) in [6, 6.07) is 0. The van der Waals surface area contributed by atoms with Crippen LogP contribution in [0.25, 0.3) is 0 Å². The Balaban J connectivity index is 4.17. The molecule has 32 heavy (non-hydrogen) atoms. The molecule has 0 rings (SSSR count). The van der Waals surface area contributed by atoms with Crippen molar-refractivity contribution in [1.29, 1.82) is 0 Å². The van der Waals surface area contributed by atoms with Gasteiger partial charge < -0.3 is 19.1 Å². The van der Waals surface area contributed by atoms with Crippen molar-refractivity contribution in [3.05, 3.63) is 18.6 Å². The van der Waals surface area contributed by atoms with Crippen LogP contribution in [-0.2, 0) is 19.0 Å². The molecule has 0 aliphatic rings. The van der Waals surface area contributed by atoms with E-state index in [0.717, 1.165) is 58.2 Å². The number of nitrogens with zero attached hydrogens (tertiary/aromatic N) is 1. The first-order chi connectivity index (χ1) is 15.5. The van der Waals surface area contributed by atoms with Crippen LogP contribution in [-0.4, -0.2) is 56.5 Å². The van der Waals surface area contributed by atoms with Crippen molar-refractivity contribution >= 4 is 12.1 Å². The molecule has 0 N–H and O–H groups in total. The Morgan fingerprint density at radius 2 is 1.41 bits per heavy atom. The van der Waals surface area contributed by atoms with Gasteiger partial charge in [-0.1, -0.05) is 65.4 Å². The molecule has 0 aromatic heterocycles. The van der Waals surface area contributed by atoms with E-state index >= 15 is 0 Å². The van der Waals surface area contributed by atoms with Gasteiger partial charge in [0.15, 0.2) is 0 Å². The van der Waals surface area contributed by atoms with E-state index in [1.807, 2.05) is 0 Å². The molecule has 0 aromatic rings. The number of esters is 1. The molecule has 1 atom stereocenters. The van der Waals surface area contributed by atoms with Gasteiger partial charge in [0.2, 0.25) is 0 Å². The van der Waals surface area contributed by atoms with E-state index in [1.54, 1.807) is 6.08 Å². The topological polar surface area (TPSA) is 65.1 Å². The number of ether oxygens (including phenoxy) is 3. The number of hydrogen-bond donors (Lipinski definition) is 0. The second-order valence-corrected chi connectivity index (χ2v) is 8.36. The molecule has 0 spiro atoms. The number of allylic oxidation sites excluding steroid dienone is 1. The molecule has 1 unspecified atom stereocenters. The molecule has 6 heteroatoms. The Kier molecular flexibility index (Phi) is 20.3. The summed E-state index contributed by atoms with van der Waals surface area (Å²) in [7, 11) is 0. The van der Waals surface area contributed by atoms with Crippen molar-refractivity contribution < 1.29 is 23.8 Å². The highest BCUT2D eigenvalue weighted by Crippen LogP contribution is 2.17. The zero-order valence-electron chi connectivity index (χ0n) is 21.2. The third kappa shape index (κ3) is 18.1. The monoisotopic (exact) mass is 454 g/mol. The van der Waals surface area contributed by atoms with Crippen molar-refractivity contribution in [2.45, 2.75) is 91.9 Å². The number of carbonyl (C=O) groups is 2. The predicted octanol–water partition coefficient (Wildman–Crippen LogP) is 6.34. The lowest BCUT2D eigenvalue weighted by molar-refractivity contribution is -0.139. The van der Waals surface area contributed by atoms with Gasteiger partial charge in [0, 0.05) is 18.5 Å². The summed E-state index contributed by atoms with van der Waals surface area (Å²) in [4.78, 5) is 26.2. The van der Waals surface area contributed by atoms with Gasteiger partial charge in [-0.3, -0.25) is 0 Å². The Labute approximate surface area is 197 Å². The minimum atomic E-state index is -0.699. The van der Waals surface area contributed by atoms with Crippen LogP contribution in [0.3, 0.4) is 0 Å². The molecule has 187 valence electrons. The number of unbranched alkanes of at least 4 members (excludes halogenated alkanes) is 5. The summed E-state index contributed by atoms with van der Waals surface area (Å²) in [5, 5.41) is 0. The van der Waals surface area contributed by atoms with Gasteiger partial charge in [-0.05, 0) is 52.1 Å². The minimum Gasteiger partial charge on any atom is -0.462 e. The number of carbonyl (C=O) groups excluding carboxylic acids is 2. The first-order valence-corrected chi connectivity index (χ1v) is 12.7. The smallest absolute Gasteiger partial charge is 0.462 e. The quantitative estimate of drug-likeness (QED) is 0.121. The first kappa shape index (κ1) is 30.4. The van der Waals surface area contributed by atoms with Crippen molar-refractivity contribution in [3.8, 4) is 0 Å². The molecule has 6 nitrogen and oxygen atoms in total. The van der Waals surface area contributed by atoms with Gasteiger partial charge in [-0.15, -0.1) is 0 Å². The van der Waals surface area contributed by atoms with Gasteiger partial charge in [-0.25, -0.2) is 9.59 Å². The van der Waals surface area contributed by atoms with Crippen LogP contribution in [0.15, 0.2) is 11.6 Å². The first-order valence-electron chi connectivity index (χ1n) is 12.7. The lowest BCUT2D eigenvalue weighted by atomic mass is 10.0. The second kappa shape index (κ2) is 21.3. The van der Waals surface area contributed by atoms with E-state index in [0.29, 0.717) is 6.61 Å². The van der Waals surface area contributed by atoms with Crippen molar-refractivity contribution in [1.82, 2.24) is 4.90 Å². The molecule has 0 saturated heterocycles. The summed E-state index contributed by atoms with van der Waals surface area (Å²) < 4.78 is 15.5. The van der Waals surface area contributed by atoms with Crippen LogP contribution >= 0.6 is 0 Å². The van der Waals surface area contributed by atoms with Gasteiger partial charge in [0.05, 0.1) is 13.2 Å². The van der Waals surface area contributed by atoms with Crippen molar-refractivity contribution in [2.75, 3.05) is 39.5 Å². The SMILES string of the molecule is [CH2]C(COC(=O)/C=C(\CCCCC)CCCCCC)COC(=O)OCCCN(CC)CC. The molecule has 0 bridgehead atoms. The molecule has 0 saturated carbocycles. The average molecular weight is 455 g/mol. The maximum Gasteiger partial charge on any atom is 0.508 e. The molecule has 1 radical (unpaired) electrons. The summed E-state index contributed by atoms with van der Waals surface area (Å²) in [6.07, 6.45) is 11.8. The highest BCUT2D eigenvalue weighted by Gasteiger charge is 2.12. The van der Waals surface area contributed by atoms with E-state index < -0.39 is 6.16 Å². The van der Waals surface area contributed by atoms with E-state index in [4.69, 9.17) is 14.2 Å². The van der Waals surface area contributed by atoms with Crippen LogP contribution in [0.5, 0.6) is 0 Å². The second-order valence-electron chi connectivity index (χ2n) is 8.36. The Morgan fingerprint density at radius 1 is 0.812 bits per heavy atom. The van der Waals surface area contributed by atoms with E-state index in [1.165, 1.54) is 31.3 Å². The lowest BCUT2D eigenvalue weighted by Crippen LogP contribution is -2.25. The normalized spacial score (nSPS) is 12.6. The fourth-order valence-corrected chi connectivity index (χ4v) is 3.32. The average Bonchev–Trinajstić information content (AvgIpc) is 2.79. The number of rotatable bonds is 20. The predicted molar refractivity (Wildman–Crippen MR) is 130 cm³/mol. The van der Waals surface area contributed by atoms with Crippen molar-refractivity contribution in [2.24, 2.45) is 5.92 Å². The highest BCUT2D eigenvalue weighted by atomic mass is 16.7. The van der Waals surface area contributed by atoms with Gasteiger partial charge in [-0.2, -0.15) is 0 Å². The Hall–Kier alpha value is -1.56. The maximum absolute atomic E-state index is 12.2. The zero-order chi connectivity index (χ0) is 24.0. The number of hydrogen-bond acceptors (Lipinski definition) is 6. The zero-order valence-corrected chi connectivity index (χ0v) is 21.2. The van der Waals surface area contributed by atoms with Crippen LogP contribution < -0.4 is 0 Å². The van der Waals surface area contributed by atoms with Gasteiger partial charge in [0.25, 0.3) is 0 Å². The lowest BCUT2D eigenvalue weighted by Gasteiger charge is -2.17. The van der Waals surface area contributed by atoms with Crippen LogP contribution in [0.1, 0.15) is 91.9 Å². The van der Waals surface area contributed by atoms with Crippen LogP contribution in [0, 0.1) is 12.8 Å². The molecule has 0 amide bonds. The van der Waals surface area contributed by atoms with Crippen LogP contribution in [0.4, 0.5) is 4.79 Å². The third-order valence-electron chi connectivity index (χ3n) is 5.41. The van der Waals surface area contributed by atoms with E-state index in [2.05, 4.69) is 39.5 Å². The molecule has 0 aliphatic carbocycles. The molecule has 0 fully saturated rings. The standard InChI is InChI=1S/C26H48NO5/c1-6-10-12-14-17-24(16-13-11-7-2)20-25(28)31-21-23(5)22-32-26(29)30-19-15-18-27(8-3)9-4/h20,23H,5-19,21-22H2,1-4H3/b24-20+. The summed E-state index contributed by atoms with van der Waals surface area (Å²) in [6.45, 7) is 15.8. The van der Waals surface area contributed by atoms with Gasteiger partial charge in [0.1, 0.15) is 6.61 Å². The molecular formula is C26H48NO5. The van der Waals surface area contributed by atoms with Crippen molar-refractivity contribution in [3.63, 3.8) is 0 Å². The van der Waals surface area contributed by atoms with Gasteiger partial charge >= 0.3 is 12.1 Å². The summed E-state index contributed by atoms with van der Waals surface area (Å²) in [5.74, 6) is -0.664. The third-order valence-corrected chi connectivity index (χ3v) is 5.41. The Bertz CT molecular complexity index is 502.